The Bertz CT molecular complexity index is 1280. The highest BCUT2D eigenvalue weighted by Gasteiger charge is 2.44. The highest BCUT2D eigenvalue weighted by molar-refractivity contribution is 5.87. The van der Waals surface area contributed by atoms with Crippen LogP contribution >= 0.6 is 0 Å². The van der Waals surface area contributed by atoms with Gasteiger partial charge in [0, 0.05) is 11.1 Å². The lowest BCUT2D eigenvalue weighted by molar-refractivity contribution is 0.700. The van der Waals surface area contributed by atoms with Gasteiger partial charge in [0.15, 0.2) is 5.66 Å². The molecule has 0 spiro atoms. The van der Waals surface area contributed by atoms with Crippen molar-refractivity contribution in [3.05, 3.63) is 106 Å². The number of hydrogen-bond acceptors (Lipinski definition) is 4. The summed E-state index contributed by atoms with van der Waals surface area (Å²) in [5.41, 5.74) is 24.9. The van der Waals surface area contributed by atoms with Gasteiger partial charge in [0.05, 0.1) is 22.7 Å². The summed E-state index contributed by atoms with van der Waals surface area (Å²) in [5, 5.41) is 7.64. The molecule has 6 N–H and O–H groups in total. The predicted octanol–water partition coefficient (Wildman–Crippen LogP) is 6.49. The van der Waals surface area contributed by atoms with Crippen LogP contribution in [0.25, 0.3) is 11.1 Å². The van der Waals surface area contributed by atoms with Gasteiger partial charge >= 0.3 is 0 Å². The minimum atomic E-state index is -0.737. The van der Waals surface area contributed by atoms with Gasteiger partial charge < -0.3 is 22.1 Å². The lowest BCUT2D eigenvalue weighted by atomic mass is 9.94. The molecule has 4 nitrogen and oxygen atoms in total. The van der Waals surface area contributed by atoms with Crippen molar-refractivity contribution in [2.75, 3.05) is 22.1 Å². The monoisotopic (exact) mass is 434 g/mol. The molecule has 0 unspecified atom stereocenters. The molecule has 1 aliphatic rings. The van der Waals surface area contributed by atoms with Gasteiger partial charge in [-0.3, -0.25) is 0 Å². The van der Waals surface area contributed by atoms with Gasteiger partial charge in [-0.25, -0.2) is 0 Å². The lowest BCUT2D eigenvalue weighted by Gasteiger charge is -2.37. The van der Waals surface area contributed by atoms with Crippen LogP contribution in [0.4, 0.5) is 22.7 Å². The Morgan fingerprint density at radius 3 is 1.33 bits per heavy atom. The quantitative estimate of drug-likeness (QED) is 0.219. The van der Waals surface area contributed by atoms with Gasteiger partial charge in [-0.1, -0.05) is 48.5 Å². The molecule has 0 amide bonds. The standard InChI is InChI=1S/C29H30N4/c1-17-13-25(30)27(15-19(17)3)32-29(33-28-16-20(4)18(2)14-26(28)31)23-11-7-5-9-21(23)22-10-6-8-12-24(22)29/h5-16,32-33H,30-31H2,1-4H3. The smallest absolute Gasteiger partial charge is 0.162 e. The van der Waals surface area contributed by atoms with E-state index in [0.717, 1.165) is 22.5 Å². The molecule has 0 aliphatic heterocycles. The zero-order chi connectivity index (χ0) is 23.3. The van der Waals surface area contributed by atoms with Gasteiger partial charge in [0.2, 0.25) is 0 Å². The van der Waals surface area contributed by atoms with Gasteiger partial charge in [-0.2, -0.15) is 0 Å². The Balaban J connectivity index is 1.77. The fraction of sp³-hybridized carbons (Fsp3) is 0.172. The Labute approximate surface area is 195 Å². The van der Waals surface area contributed by atoms with Crippen LogP contribution in [0.15, 0.2) is 72.8 Å². The van der Waals surface area contributed by atoms with Crippen LogP contribution in [0.3, 0.4) is 0 Å². The van der Waals surface area contributed by atoms with Crippen LogP contribution in [-0.2, 0) is 5.66 Å². The molecule has 0 aromatic heterocycles. The van der Waals surface area contributed by atoms with Crippen molar-refractivity contribution < 1.29 is 0 Å². The Morgan fingerprint density at radius 1 is 0.545 bits per heavy atom. The minimum Gasteiger partial charge on any atom is -0.397 e. The molecule has 4 aromatic rings. The molecular formula is C29H30N4. The molecule has 1 aliphatic carbocycles. The first-order chi connectivity index (χ1) is 15.8. The third-order valence-electron chi connectivity index (χ3n) is 6.93. The average Bonchev–Trinajstić information content (AvgIpc) is 3.06. The van der Waals surface area contributed by atoms with Crippen molar-refractivity contribution in [2.45, 2.75) is 33.4 Å². The fourth-order valence-corrected chi connectivity index (χ4v) is 4.83. The number of hydrogen-bond donors (Lipinski definition) is 4. The third-order valence-corrected chi connectivity index (χ3v) is 6.93. The summed E-state index contributed by atoms with van der Waals surface area (Å²) >= 11 is 0. The van der Waals surface area contributed by atoms with Crippen LogP contribution < -0.4 is 22.1 Å². The van der Waals surface area contributed by atoms with Gasteiger partial charge in [0.25, 0.3) is 0 Å². The number of aryl methyl sites for hydroxylation is 4. The molecule has 0 bridgehead atoms. The topological polar surface area (TPSA) is 76.1 Å². The zero-order valence-corrected chi connectivity index (χ0v) is 19.6. The minimum absolute atomic E-state index is 0.717. The Hall–Kier alpha value is -3.92. The molecule has 4 heteroatoms. The molecule has 0 saturated heterocycles. The molecule has 166 valence electrons. The number of fused-ring (bicyclic) bond motifs is 3. The van der Waals surface area contributed by atoms with Crippen LogP contribution in [0.2, 0.25) is 0 Å². The van der Waals surface area contributed by atoms with Crippen molar-refractivity contribution in [3.63, 3.8) is 0 Å². The lowest BCUT2D eigenvalue weighted by Crippen LogP contribution is -2.43. The molecule has 0 saturated carbocycles. The van der Waals surface area contributed by atoms with Crippen LogP contribution in [0, 0.1) is 27.7 Å². The molecule has 5 rings (SSSR count). The zero-order valence-electron chi connectivity index (χ0n) is 19.6. The molecule has 0 atom stereocenters. The summed E-state index contributed by atoms with van der Waals surface area (Å²) in [4.78, 5) is 0. The Morgan fingerprint density at radius 2 is 0.909 bits per heavy atom. The summed E-state index contributed by atoms with van der Waals surface area (Å²) in [5.74, 6) is 0. The SMILES string of the molecule is Cc1cc(N)c(NC2(Nc3cc(C)c(C)cc3N)c3ccccc3-c3ccccc32)cc1C. The second-order valence-electron chi connectivity index (χ2n) is 9.14. The number of anilines is 4. The van der Waals surface area contributed by atoms with E-state index >= 15 is 0 Å². The van der Waals surface area contributed by atoms with E-state index in [-0.39, 0.29) is 0 Å². The summed E-state index contributed by atoms with van der Waals surface area (Å²) < 4.78 is 0. The molecule has 0 fully saturated rings. The van der Waals surface area contributed by atoms with E-state index in [2.05, 4.69) is 99.0 Å². The first-order valence-corrected chi connectivity index (χ1v) is 11.3. The molecule has 33 heavy (non-hydrogen) atoms. The van der Waals surface area contributed by atoms with E-state index in [1.807, 2.05) is 12.1 Å². The number of nitrogen functional groups attached to an aromatic ring is 2. The van der Waals surface area contributed by atoms with Crippen LogP contribution in [-0.4, -0.2) is 0 Å². The van der Waals surface area contributed by atoms with E-state index in [1.54, 1.807) is 0 Å². The summed E-state index contributed by atoms with van der Waals surface area (Å²) in [6.07, 6.45) is 0. The van der Waals surface area contributed by atoms with Crippen molar-refractivity contribution in [1.29, 1.82) is 0 Å². The van der Waals surface area contributed by atoms with Crippen molar-refractivity contribution >= 4 is 22.7 Å². The average molecular weight is 435 g/mol. The van der Waals surface area contributed by atoms with Gasteiger partial charge in [-0.05, 0) is 85.3 Å². The predicted molar refractivity (Wildman–Crippen MR) is 141 cm³/mol. The number of rotatable bonds is 4. The van der Waals surface area contributed by atoms with E-state index in [1.165, 1.54) is 33.4 Å². The van der Waals surface area contributed by atoms with E-state index in [4.69, 9.17) is 11.5 Å². The van der Waals surface area contributed by atoms with Crippen molar-refractivity contribution in [1.82, 2.24) is 0 Å². The number of benzene rings is 4. The Kier molecular flexibility index (Phi) is 4.82. The maximum absolute atomic E-state index is 6.52. The summed E-state index contributed by atoms with van der Waals surface area (Å²) in [6.45, 7) is 8.38. The normalized spacial score (nSPS) is 13.3. The van der Waals surface area contributed by atoms with Crippen molar-refractivity contribution in [3.8, 4) is 11.1 Å². The highest BCUT2D eigenvalue weighted by atomic mass is 15.2. The van der Waals surface area contributed by atoms with Gasteiger partial charge in [0.1, 0.15) is 0 Å². The fourth-order valence-electron chi connectivity index (χ4n) is 4.83. The van der Waals surface area contributed by atoms with E-state index in [9.17, 15) is 0 Å². The third kappa shape index (κ3) is 3.30. The van der Waals surface area contributed by atoms with Crippen LogP contribution in [0.1, 0.15) is 33.4 Å². The summed E-state index contributed by atoms with van der Waals surface area (Å²) in [7, 11) is 0. The molecule has 0 radical (unpaired) electrons. The van der Waals surface area contributed by atoms with Crippen LogP contribution in [0.5, 0.6) is 0 Å². The second kappa shape index (κ2) is 7.59. The largest absolute Gasteiger partial charge is 0.397 e. The summed E-state index contributed by atoms with van der Waals surface area (Å²) in [6, 6.07) is 25.3. The first-order valence-electron chi connectivity index (χ1n) is 11.3. The van der Waals surface area contributed by atoms with E-state index < -0.39 is 5.66 Å². The number of nitrogens with two attached hydrogens (primary N) is 2. The van der Waals surface area contributed by atoms with E-state index in [0.29, 0.717) is 11.4 Å². The molecule has 4 aromatic carbocycles. The maximum atomic E-state index is 6.52. The molecule has 0 heterocycles. The highest BCUT2D eigenvalue weighted by Crippen LogP contribution is 2.50. The first kappa shape index (κ1) is 21.0. The maximum Gasteiger partial charge on any atom is 0.162 e. The molecular weight excluding hydrogens is 404 g/mol. The van der Waals surface area contributed by atoms with Gasteiger partial charge in [-0.15, -0.1) is 0 Å². The number of nitrogens with one attached hydrogen (secondary N) is 2. The van der Waals surface area contributed by atoms with Crippen molar-refractivity contribution in [2.24, 2.45) is 0 Å². The second-order valence-corrected chi connectivity index (χ2v) is 9.14.